The van der Waals surface area contributed by atoms with Crippen LogP contribution in [0.5, 0.6) is 0 Å². The maximum Gasteiger partial charge on any atom is 0.0989 e. The molecule has 0 fully saturated rings. The molecule has 0 aliphatic rings. The first-order valence-corrected chi connectivity index (χ1v) is 4.17. The van der Waals surface area contributed by atoms with Gasteiger partial charge >= 0.3 is 0 Å². The summed E-state index contributed by atoms with van der Waals surface area (Å²) in [5.41, 5.74) is 0.111. The molecular formula is C9H19LuNO. The fraction of sp³-hybridized carbons (Fsp3) is 0.889. The Labute approximate surface area is 105 Å². The van der Waals surface area contributed by atoms with Gasteiger partial charge in [-0.2, -0.15) is 0 Å². The van der Waals surface area contributed by atoms with Gasteiger partial charge in [0.05, 0.1) is 5.60 Å². The molecule has 1 unspecified atom stereocenters. The van der Waals surface area contributed by atoms with Crippen LogP contribution in [0, 0.1) is 36.9 Å². The summed E-state index contributed by atoms with van der Waals surface area (Å²) < 4.78 is 0. The number of aliphatic hydroxyl groups is 1. The van der Waals surface area contributed by atoms with E-state index >= 15 is 0 Å². The Hall–Kier alpha value is 0.864. The van der Waals surface area contributed by atoms with Crippen molar-refractivity contribution in [2.24, 2.45) is 4.99 Å². The molecule has 0 aromatic heterocycles. The van der Waals surface area contributed by atoms with Crippen molar-refractivity contribution in [3.05, 3.63) is 0 Å². The first-order chi connectivity index (χ1) is 4.90. The third-order valence-corrected chi connectivity index (χ3v) is 1.92. The van der Waals surface area contributed by atoms with E-state index in [1.54, 1.807) is 6.92 Å². The van der Waals surface area contributed by atoms with Gasteiger partial charge in [0.15, 0.2) is 0 Å². The zero-order chi connectivity index (χ0) is 9.07. The second kappa shape index (κ2) is 6.34. The van der Waals surface area contributed by atoms with Gasteiger partial charge in [0.25, 0.3) is 0 Å². The second-order valence-electron chi connectivity index (χ2n) is 3.44. The van der Waals surface area contributed by atoms with Crippen LogP contribution in [0.3, 0.4) is 0 Å². The molecule has 3 heteroatoms. The molecule has 0 rings (SSSR count). The molecule has 81 valence electrons. The first kappa shape index (κ1) is 15.3. The van der Waals surface area contributed by atoms with Crippen LogP contribution in [-0.2, 0) is 0 Å². The van der Waals surface area contributed by atoms with Crippen LogP contribution >= 0.6 is 0 Å². The number of hydrogen-bond donors (Lipinski definition) is 1. The second-order valence-corrected chi connectivity index (χ2v) is 3.44. The quantitative estimate of drug-likeness (QED) is 0.788. The van der Waals surface area contributed by atoms with E-state index in [1.807, 2.05) is 27.7 Å². The van der Waals surface area contributed by atoms with E-state index in [1.165, 1.54) is 0 Å². The zero-order valence-electron chi connectivity index (χ0n) is 8.44. The molecule has 0 aliphatic carbocycles. The first-order valence-electron chi connectivity index (χ1n) is 4.17. The summed E-state index contributed by atoms with van der Waals surface area (Å²) in [5, 5.41) is 9.71. The van der Waals surface area contributed by atoms with Crippen LogP contribution in [-0.4, -0.2) is 22.5 Å². The van der Waals surface area contributed by atoms with Gasteiger partial charge < -0.3 is 5.11 Å². The molecule has 0 aliphatic heterocycles. The number of nitrogens with zero attached hydrogens (tertiary/aromatic N) is 1. The summed E-state index contributed by atoms with van der Waals surface area (Å²) in [5.74, 6) is 0. The summed E-state index contributed by atoms with van der Waals surface area (Å²) in [6.45, 7) is 9.65. The van der Waals surface area contributed by atoms with E-state index < -0.39 is 5.60 Å². The van der Waals surface area contributed by atoms with Gasteiger partial charge in [-0.15, -0.1) is 0 Å². The largest absolute Gasteiger partial charge is 0.384 e. The topological polar surface area (TPSA) is 32.6 Å². The van der Waals surface area contributed by atoms with Crippen molar-refractivity contribution < 1.29 is 42.0 Å². The van der Waals surface area contributed by atoms with Gasteiger partial charge in [-0.3, -0.25) is 4.99 Å². The van der Waals surface area contributed by atoms with E-state index in [0.717, 1.165) is 12.1 Å². The van der Waals surface area contributed by atoms with Gasteiger partial charge in [-0.25, -0.2) is 0 Å². The average molecular weight is 332 g/mol. The van der Waals surface area contributed by atoms with Gasteiger partial charge in [0.1, 0.15) is 0 Å². The molecule has 1 N–H and O–H groups in total. The Morgan fingerprint density at radius 3 is 2.17 bits per heavy atom. The zero-order valence-corrected chi connectivity index (χ0v) is 10.1. The number of rotatable bonds is 3. The van der Waals surface area contributed by atoms with Crippen LogP contribution < -0.4 is 0 Å². The smallest absolute Gasteiger partial charge is 0.0989 e. The molecule has 0 aromatic rings. The summed E-state index contributed by atoms with van der Waals surface area (Å²) >= 11 is 0. The molecule has 0 heterocycles. The van der Waals surface area contributed by atoms with Gasteiger partial charge in [-0.1, -0.05) is 6.92 Å². The van der Waals surface area contributed by atoms with E-state index in [-0.39, 0.29) is 42.9 Å². The number of hydrogen-bond acceptors (Lipinski definition) is 2. The standard InChI is InChI=1S/C9H19NO.Lu/c1-6-9(5,11)8(4)10-7(2)3;/h7,11H,6H2,1-5H3;. The van der Waals surface area contributed by atoms with E-state index in [0.29, 0.717) is 0 Å². The van der Waals surface area contributed by atoms with E-state index in [9.17, 15) is 5.11 Å². The predicted octanol–water partition coefficient (Wildman–Crippen LogP) is 2.02. The van der Waals surface area contributed by atoms with Gasteiger partial charge in [0, 0.05) is 48.6 Å². The fourth-order valence-corrected chi connectivity index (χ4v) is 0.782. The fourth-order valence-electron chi connectivity index (χ4n) is 0.782. The van der Waals surface area contributed by atoms with E-state index in [2.05, 4.69) is 4.99 Å². The minimum absolute atomic E-state index is 0. The monoisotopic (exact) mass is 332 g/mol. The summed E-state index contributed by atoms with van der Waals surface area (Å²) in [6.07, 6.45) is 0.717. The van der Waals surface area contributed by atoms with Crippen molar-refractivity contribution in [3.63, 3.8) is 0 Å². The summed E-state index contributed by atoms with van der Waals surface area (Å²) in [7, 11) is 0. The Balaban J connectivity index is 0. The molecule has 0 saturated heterocycles. The maximum atomic E-state index is 9.71. The molecular weight excluding hydrogens is 313 g/mol. The minimum Gasteiger partial charge on any atom is -0.384 e. The van der Waals surface area contributed by atoms with Crippen molar-refractivity contribution in [3.8, 4) is 0 Å². The van der Waals surface area contributed by atoms with Crippen LogP contribution in [0.4, 0.5) is 0 Å². The molecule has 1 atom stereocenters. The third-order valence-electron chi connectivity index (χ3n) is 1.92. The molecule has 0 bridgehead atoms. The van der Waals surface area contributed by atoms with Crippen LogP contribution in [0.15, 0.2) is 4.99 Å². The minimum atomic E-state index is -0.718. The van der Waals surface area contributed by atoms with Crippen molar-refractivity contribution in [1.82, 2.24) is 0 Å². The SMILES string of the molecule is CCC(C)(O)C(C)=NC(C)C.[Lu]. The third kappa shape index (κ3) is 5.50. The normalized spacial score (nSPS) is 17.1. The average Bonchev–Trinajstić information content (AvgIpc) is 1.86. The summed E-state index contributed by atoms with van der Waals surface area (Å²) in [4.78, 5) is 4.29. The Morgan fingerprint density at radius 1 is 1.50 bits per heavy atom. The Morgan fingerprint density at radius 2 is 1.92 bits per heavy atom. The molecule has 12 heavy (non-hydrogen) atoms. The molecule has 0 aromatic carbocycles. The van der Waals surface area contributed by atoms with Gasteiger partial charge in [-0.05, 0) is 34.1 Å². The molecule has 2 nitrogen and oxygen atoms in total. The Bertz CT molecular complexity index is 153. The predicted molar refractivity (Wildman–Crippen MR) is 49.2 cm³/mol. The van der Waals surface area contributed by atoms with Crippen molar-refractivity contribution >= 4 is 5.71 Å². The molecule has 0 amide bonds. The van der Waals surface area contributed by atoms with Crippen molar-refractivity contribution in [2.75, 3.05) is 0 Å². The molecule has 0 spiro atoms. The Kier molecular flexibility index (Phi) is 8.10. The van der Waals surface area contributed by atoms with Gasteiger partial charge in [0.2, 0.25) is 0 Å². The van der Waals surface area contributed by atoms with Crippen molar-refractivity contribution in [2.45, 2.75) is 52.7 Å². The van der Waals surface area contributed by atoms with Crippen molar-refractivity contribution in [1.29, 1.82) is 0 Å². The van der Waals surface area contributed by atoms with E-state index in [4.69, 9.17) is 0 Å². The van der Waals surface area contributed by atoms with Crippen LogP contribution in [0.1, 0.15) is 41.0 Å². The van der Waals surface area contributed by atoms with Crippen LogP contribution in [0.25, 0.3) is 0 Å². The maximum absolute atomic E-state index is 9.71. The number of aliphatic imine (C=N–C) groups is 1. The molecule has 0 saturated carbocycles. The summed E-state index contributed by atoms with van der Waals surface area (Å²) in [6, 6.07) is 0.271. The van der Waals surface area contributed by atoms with Crippen LogP contribution in [0.2, 0.25) is 0 Å². The molecule has 1 radical (unpaired) electrons.